The number of ether oxygens (including phenoxy) is 18. The van der Waals surface area contributed by atoms with Crippen molar-refractivity contribution >= 4 is 124 Å². The molecular formula is C79H121O54P9. The van der Waals surface area contributed by atoms with Crippen LogP contribution in [-0.4, -0.2) is 273 Å². The molecule has 142 heavy (non-hydrogen) atoms. The first kappa shape index (κ1) is 128. The van der Waals surface area contributed by atoms with Crippen LogP contribution in [0.4, 0.5) is 43.2 Å². The number of hydrogen-bond acceptors (Lipinski definition) is 54. The van der Waals surface area contributed by atoms with E-state index < -0.39 is 176 Å². The van der Waals surface area contributed by atoms with Crippen LogP contribution in [0.15, 0.2) is 86.0 Å². The van der Waals surface area contributed by atoms with E-state index in [2.05, 4.69) is 100 Å². The highest BCUT2D eigenvalue weighted by atomic mass is 31.2. The number of hydrogen-bond donors (Lipinski definition) is 0. The van der Waals surface area contributed by atoms with Gasteiger partial charge in [-0.3, -0.25) is 45.6 Å². The van der Waals surface area contributed by atoms with Gasteiger partial charge in [0.2, 0.25) is 46.8 Å². The second-order valence-corrected chi connectivity index (χ2v) is 47.1. The van der Waals surface area contributed by atoms with Gasteiger partial charge in [-0.05, 0) is 106 Å². The molecule has 0 amide bonds. The minimum Gasteiger partial charge on any atom is -0.430 e. The number of benzene rings is 2. The summed E-state index contributed by atoms with van der Waals surface area (Å²) in [6.07, 6.45) is 7.86. The summed E-state index contributed by atoms with van der Waals surface area (Å²) in [5.41, 5.74) is 0. The van der Waals surface area contributed by atoms with Crippen LogP contribution in [-0.2, 0) is 199 Å². The second kappa shape index (κ2) is 65.9. The average Bonchev–Trinajstić information content (AvgIpc) is 1.56. The number of cyclic esters (lactones) is 18. The molecule has 2 aromatic rings. The van der Waals surface area contributed by atoms with E-state index in [0.717, 1.165) is 25.7 Å². The first-order valence-electron chi connectivity index (χ1n) is 43.0. The Kier molecular flexibility index (Phi) is 59.2. The van der Waals surface area contributed by atoms with Crippen molar-refractivity contribution in [2.24, 2.45) is 0 Å². The van der Waals surface area contributed by atoms with E-state index in [9.17, 15) is 84.2 Å². The number of terminal acetylenes is 2. The van der Waals surface area contributed by atoms with Crippen LogP contribution in [0.1, 0.15) is 109 Å². The highest BCUT2D eigenvalue weighted by Crippen LogP contribution is 2.62. The molecule has 9 saturated heterocycles. The summed E-state index contributed by atoms with van der Waals surface area (Å²) in [4.78, 5) is 96.6. The van der Waals surface area contributed by atoms with Crippen LogP contribution >= 0.6 is 68.4 Å². The van der Waals surface area contributed by atoms with Crippen LogP contribution in [0.5, 0.6) is 11.5 Å². The molecule has 0 bridgehead atoms. The molecule has 2 aromatic carbocycles. The fourth-order valence-corrected chi connectivity index (χ4v) is 24.2. The zero-order chi connectivity index (χ0) is 106. The number of carbonyl (C=O) groups is 9. The predicted octanol–water partition coefficient (Wildman–Crippen LogP) is 18.9. The molecule has 54 nitrogen and oxygen atoms in total. The van der Waals surface area contributed by atoms with Gasteiger partial charge in [-0.25, -0.2) is 47.7 Å². The van der Waals surface area contributed by atoms with Crippen molar-refractivity contribution < 1.29 is 251 Å². The Hall–Kier alpha value is -8.50. The third-order valence-electron chi connectivity index (χ3n) is 16.3. The van der Waals surface area contributed by atoms with Crippen molar-refractivity contribution in [3.8, 4) is 36.2 Å². The molecule has 9 heterocycles. The summed E-state index contributed by atoms with van der Waals surface area (Å²) in [6, 6.07) is 17.1. The van der Waals surface area contributed by atoms with E-state index in [4.69, 9.17) is 104 Å². The molecular weight excluding hydrogens is 2090 g/mol. The lowest BCUT2D eigenvalue weighted by Gasteiger charge is -2.24. The maximum Gasteiger partial charge on any atom is 0.509 e. The molecule has 0 aliphatic carbocycles. The zero-order valence-corrected chi connectivity index (χ0v) is 88.1. The molecule has 9 aliphatic rings. The summed E-state index contributed by atoms with van der Waals surface area (Å²) in [7, 11) is -29.0. The maximum atomic E-state index is 13.1. The first-order chi connectivity index (χ1) is 67.3. The van der Waals surface area contributed by atoms with Crippen LogP contribution in [0, 0.1) is 24.7 Å². The van der Waals surface area contributed by atoms with E-state index in [1.165, 1.54) is 26.4 Å². The van der Waals surface area contributed by atoms with Gasteiger partial charge >= 0.3 is 124 Å². The molecule has 0 radical (unpaired) electrons. The molecule has 9 fully saturated rings. The van der Waals surface area contributed by atoms with Crippen molar-refractivity contribution in [1.29, 1.82) is 0 Å². The highest BCUT2D eigenvalue weighted by molar-refractivity contribution is 7.57. The largest absolute Gasteiger partial charge is 0.509 e. The van der Waals surface area contributed by atoms with Crippen molar-refractivity contribution in [2.75, 3.05) is 153 Å². The Morgan fingerprint density at radius 3 is 0.704 bits per heavy atom. The van der Waals surface area contributed by atoms with Gasteiger partial charge < -0.3 is 158 Å². The SMILES string of the molecule is C#CCOP(=O)(OCC#C)C1COC(=O)O1.C=CCOP(=O)(OCC=C)C1COC(=O)O1.CC(C)OP(=O)(OC(C)C)C1COC(=O)O1.CCCCOP(=O)(OCCCC)C1COC(=O)O1.CCOP(=O)(OCC)C1COC(=O)O1.CCOP(=O)(OCC)C1COC(=O)O1.CCOP(=O)(OCC)C1COC(=O)O1.COP(=O)(OC)C1COC(=O)O1.O=C1OCC(P(=O)(Oc2ccccc2)Oc2ccccc2)O1. The normalized spacial score (nSPS) is 20.5. The number of para-hydroxylation sites is 2. The van der Waals surface area contributed by atoms with E-state index in [0.29, 0.717) is 24.7 Å². The monoisotopic (exact) mass is 2210 g/mol. The van der Waals surface area contributed by atoms with Gasteiger partial charge in [0, 0.05) is 14.2 Å². The molecule has 0 N–H and O–H groups in total. The molecule has 806 valence electrons. The number of carbonyl (C=O) groups excluding carboxylic acids is 9. The Bertz CT molecular complexity index is 4540. The fourth-order valence-electron chi connectivity index (χ4n) is 10.3. The van der Waals surface area contributed by atoms with Crippen molar-refractivity contribution in [2.45, 2.75) is 174 Å². The molecule has 9 unspecified atom stereocenters. The van der Waals surface area contributed by atoms with Crippen LogP contribution < -0.4 is 9.05 Å². The third kappa shape index (κ3) is 44.4. The Balaban J connectivity index is 0.000000413. The zero-order valence-electron chi connectivity index (χ0n) is 80.1. The van der Waals surface area contributed by atoms with Crippen molar-refractivity contribution in [3.63, 3.8) is 0 Å². The second-order valence-electron chi connectivity index (χ2n) is 27.5. The van der Waals surface area contributed by atoms with Gasteiger partial charge in [-0.1, -0.05) is 87.1 Å². The Morgan fingerprint density at radius 1 is 0.310 bits per heavy atom. The lowest BCUT2D eigenvalue weighted by molar-refractivity contribution is 0.0971. The molecule has 63 heteroatoms. The molecule has 9 aliphatic heterocycles. The molecule has 9 atom stereocenters. The van der Waals surface area contributed by atoms with E-state index in [1.54, 1.807) is 130 Å². The topological polar surface area (TPSA) is 640 Å². The van der Waals surface area contributed by atoms with E-state index in [-0.39, 0.29) is 138 Å². The smallest absolute Gasteiger partial charge is 0.430 e. The standard InChI is InChI=1S/C15H13O6P.C11H21O6P.C9H17O6P.C9H13O6P.C9H9O6P.3C7H13O6P.C5H9O6P/c16-15-18-11-14(19-15)22(17,20-12-7-3-1-4-8-12)21-13-9-5-2-6-10-13;1-3-5-7-15-18(13,16-8-6-4-2)10-9-14-11(12)17-10;1-6(2)14-16(11,15-7(3)4)8-5-12-9(10)13-8;2*1-3-5-13-16(11,14-6-4-2)8-7-12-9(10)15-8;3*1-3-11-14(9,12-4-2)6-5-10-7(8)13-6;1-8-12(7,9-2)4-3-10-5(6)11-4/h1-10,14H,11H2;10H,3-9H2,1-2H3;6-8H,5H2,1-4H3;3-4,8H,1-2,5-7H2;1-2,8H,5-7H2;3*6H,3-5H2,1-2H3;4H,3H2,1-2H3. The van der Waals surface area contributed by atoms with Gasteiger partial charge in [0.1, 0.15) is 84.2 Å². The predicted molar refractivity (Wildman–Crippen MR) is 488 cm³/mol. The van der Waals surface area contributed by atoms with E-state index >= 15 is 0 Å². The molecule has 0 saturated carbocycles. The number of rotatable bonds is 49. The minimum atomic E-state index is -3.82. The maximum absolute atomic E-state index is 13.1. The minimum absolute atomic E-state index is 0.0302. The Morgan fingerprint density at radius 2 is 0.514 bits per heavy atom. The fraction of sp³-hybridized carbons (Fsp3) is 0.633. The Labute approximate surface area is 819 Å². The van der Waals surface area contributed by atoms with Crippen molar-refractivity contribution in [3.05, 3.63) is 86.0 Å². The van der Waals surface area contributed by atoms with Gasteiger partial charge in [0.15, 0.2) is 0 Å². The summed E-state index contributed by atoms with van der Waals surface area (Å²) >= 11 is 0. The van der Waals surface area contributed by atoms with Crippen LogP contribution in [0.2, 0.25) is 0 Å². The molecule has 0 spiro atoms. The summed E-state index contributed by atoms with van der Waals surface area (Å²) in [5.74, 6) is -3.95. The van der Waals surface area contributed by atoms with Gasteiger partial charge in [0.05, 0.1) is 78.3 Å². The lowest BCUT2D eigenvalue weighted by Crippen LogP contribution is -2.19. The summed E-state index contributed by atoms with van der Waals surface area (Å²) < 4.78 is 284. The summed E-state index contributed by atoms with van der Waals surface area (Å²) in [6.45, 7) is 28.4. The van der Waals surface area contributed by atoms with Crippen LogP contribution in [0.3, 0.4) is 0 Å². The van der Waals surface area contributed by atoms with E-state index in [1.807, 2.05) is 13.8 Å². The lowest BCUT2D eigenvalue weighted by atomic mass is 10.3. The highest BCUT2D eigenvalue weighted by Gasteiger charge is 2.53. The van der Waals surface area contributed by atoms with Crippen LogP contribution in [0.25, 0.3) is 0 Å². The first-order valence-corrected chi connectivity index (χ1v) is 57.5. The van der Waals surface area contributed by atoms with Crippen molar-refractivity contribution in [1.82, 2.24) is 0 Å². The quantitative estimate of drug-likeness (QED) is 0.0148. The van der Waals surface area contributed by atoms with Gasteiger partial charge in [-0.15, -0.1) is 26.0 Å². The summed E-state index contributed by atoms with van der Waals surface area (Å²) in [5, 5.41) is 0. The van der Waals surface area contributed by atoms with Gasteiger partial charge in [-0.2, -0.15) is 0 Å². The third-order valence-corrected chi connectivity index (χ3v) is 35.1. The molecule has 0 aromatic heterocycles. The number of unbranched alkanes of at least 4 members (excludes halogenated alkanes) is 2. The van der Waals surface area contributed by atoms with Gasteiger partial charge in [0.25, 0.3) is 5.85 Å². The molecule has 11 rings (SSSR count). The average molecular weight is 2210 g/mol.